The Morgan fingerprint density at radius 2 is 1.78 bits per heavy atom. The molecule has 0 bridgehead atoms. The fraction of sp³-hybridized carbons (Fsp3) is 0.423. The summed E-state index contributed by atoms with van der Waals surface area (Å²) in [6, 6.07) is 3.20. The molecule has 2 aliphatic carbocycles. The first-order chi connectivity index (χ1) is 17.4. The van der Waals surface area contributed by atoms with Crippen molar-refractivity contribution in [3.05, 3.63) is 51.6 Å². The molecule has 0 saturated carbocycles. The number of Topliss-reactive ketones (excluding diaryl/α,β-unsaturated/α-hetero) is 1. The van der Waals surface area contributed by atoms with Gasteiger partial charge in [-0.05, 0) is 19.9 Å². The zero-order valence-corrected chi connectivity index (χ0v) is 20.1. The SMILES string of the molecule is CC(=O)[C@]1(O)Cc2c(O)c3c(c(O)c2[C@H](O[C@@H]2C[C@H](N)[C@H](O)[C@@H](C)O2)C1)C(=O)c1c(O)cccc1C3=O. The van der Waals surface area contributed by atoms with Gasteiger partial charge in [-0.2, -0.15) is 0 Å². The molecule has 5 rings (SSSR count). The van der Waals surface area contributed by atoms with Gasteiger partial charge in [0, 0.05) is 42.0 Å². The molecule has 1 heterocycles. The molecule has 11 nitrogen and oxygen atoms in total. The number of aromatic hydroxyl groups is 3. The van der Waals surface area contributed by atoms with E-state index in [2.05, 4.69) is 0 Å². The maximum Gasteiger partial charge on any atom is 0.202 e. The van der Waals surface area contributed by atoms with Crippen LogP contribution in [0.25, 0.3) is 0 Å². The average Bonchev–Trinajstić information content (AvgIpc) is 2.82. The number of phenols is 3. The molecular formula is C26H27NO10. The summed E-state index contributed by atoms with van der Waals surface area (Å²) >= 11 is 0. The third-order valence-corrected chi connectivity index (χ3v) is 7.59. The first-order valence-electron chi connectivity index (χ1n) is 11.9. The number of ketones is 3. The highest BCUT2D eigenvalue weighted by molar-refractivity contribution is 6.31. The summed E-state index contributed by atoms with van der Waals surface area (Å²) in [5, 5.41) is 54.1. The number of ether oxygens (including phenoxy) is 2. The van der Waals surface area contributed by atoms with Crippen LogP contribution >= 0.6 is 0 Å². The summed E-state index contributed by atoms with van der Waals surface area (Å²) in [4.78, 5) is 39.1. The molecule has 37 heavy (non-hydrogen) atoms. The van der Waals surface area contributed by atoms with E-state index in [0.717, 1.165) is 6.92 Å². The van der Waals surface area contributed by atoms with Gasteiger partial charge in [-0.3, -0.25) is 14.4 Å². The second kappa shape index (κ2) is 8.61. The maximum absolute atomic E-state index is 13.4. The number of aliphatic hydroxyl groups excluding tert-OH is 1. The first kappa shape index (κ1) is 25.3. The molecule has 0 radical (unpaired) electrons. The molecule has 0 amide bonds. The number of phenolic OH excluding ortho intramolecular Hbond substituents is 3. The minimum atomic E-state index is -2.02. The highest BCUT2D eigenvalue weighted by Gasteiger charge is 2.49. The van der Waals surface area contributed by atoms with Gasteiger partial charge in [0.15, 0.2) is 17.9 Å². The number of benzene rings is 2. The summed E-state index contributed by atoms with van der Waals surface area (Å²) in [6.07, 6.45) is -4.68. The smallest absolute Gasteiger partial charge is 0.202 e. The van der Waals surface area contributed by atoms with Gasteiger partial charge in [0.05, 0.1) is 35.0 Å². The number of fused-ring (bicyclic) bond motifs is 3. The zero-order chi connectivity index (χ0) is 27.0. The minimum Gasteiger partial charge on any atom is -0.507 e. The first-order valence-corrected chi connectivity index (χ1v) is 11.9. The van der Waals surface area contributed by atoms with E-state index in [1.165, 1.54) is 18.2 Å². The van der Waals surface area contributed by atoms with Crippen LogP contribution in [-0.4, -0.2) is 73.0 Å². The summed E-state index contributed by atoms with van der Waals surface area (Å²) in [7, 11) is 0. The van der Waals surface area contributed by atoms with E-state index in [4.69, 9.17) is 15.2 Å². The van der Waals surface area contributed by atoms with Crippen LogP contribution in [0.5, 0.6) is 17.2 Å². The van der Waals surface area contributed by atoms with Crippen LogP contribution in [0.3, 0.4) is 0 Å². The summed E-state index contributed by atoms with van der Waals surface area (Å²) in [6.45, 7) is 2.76. The Balaban J connectivity index is 1.68. The molecule has 1 fully saturated rings. The molecule has 1 aliphatic heterocycles. The predicted octanol–water partition coefficient (Wildman–Crippen LogP) is 0.726. The minimum absolute atomic E-state index is 0.0478. The van der Waals surface area contributed by atoms with Gasteiger partial charge in [-0.1, -0.05) is 12.1 Å². The number of nitrogens with two attached hydrogens (primary N) is 1. The number of aliphatic hydroxyl groups is 2. The quantitative estimate of drug-likeness (QED) is 0.270. The molecule has 3 aliphatic rings. The monoisotopic (exact) mass is 513 g/mol. The lowest BCUT2D eigenvalue weighted by molar-refractivity contribution is -0.247. The van der Waals surface area contributed by atoms with Crippen molar-refractivity contribution in [3.63, 3.8) is 0 Å². The molecule has 0 aromatic heterocycles. The summed E-state index contributed by atoms with van der Waals surface area (Å²) < 4.78 is 11.7. The van der Waals surface area contributed by atoms with E-state index in [1.54, 1.807) is 6.92 Å². The Morgan fingerprint density at radius 1 is 1.11 bits per heavy atom. The van der Waals surface area contributed by atoms with Crippen LogP contribution in [0.15, 0.2) is 18.2 Å². The Labute approximate surface area is 211 Å². The van der Waals surface area contributed by atoms with Gasteiger partial charge < -0.3 is 40.7 Å². The predicted molar refractivity (Wildman–Crippen MR) is 125 cm³/mol. The number of hydrogen-bond donors (Lipinski definition) is 6. The van der Waals surface area contributed by atoms with Crippen molar-refractivity contribution in [2.45, 2.75) is 69.4 Å². The summed E-state index contributed by atoms with van der Waals surface area (Å²) in [5.74, 6) is -4.13. The molecule has 2 aromatic rings. The van der Waals surface area contributed by atoms with E-state index in [0.29, 0.717) is 0 Å². The lowest BCUT2D eigenvalue weighted by atomic mass is 9.72. The molecule has 0 spiro atoms. The Bertz CT molecular complexity index is 1340. The molecule has 2 aromatic carbocycles. The lowest BCUT2D eigenvalue weighted by Crippen LogP contribution is -2.52. The van der Waals surface area contributed by atoms with Crippen molar-refractivity contribution in [1.82, 2.24) is 0 Å². The Hall–Kier alpha value is -3.35. The molecule has 1 saturated heterocycles. The van der Waals surface area contributed by atoms with Crippen molar-refractivity contribution >= 4 is 17.3 Å². The van der Waals surface area contributed by atoms with Gasteiger partial charge >= 0.3 is 0 Å². The van der Waals surface area contributed by atoms with Crippen LogP contribution in [0.4, 0.5) is 0 Å². The van der Waals surface area contributed by atoms with Crippen LogP contribution in [0.2, 0.25) is 0 Å². The standard InChI is InChI=1S/C26H27NO10/c1-9-21(30)13(27)6-16(36-9)37-15-8-26(35,10(2)28)7-12-18(15)25(34)20-19(23(12)32)22(31)11-4-3-5-14(29)17(11)24(20)33/h3-5,9,13,15-16,21,29-30,32,34-35H,6-8,27H2,1-2H3/t9-,13+,15-,16-,21-,26+/m1/s1. The van der Waals surface area contributed by atoms with Crippen molar-refractivity contribution in [2.75, 3.05) is 0 Å². The van der Waals surface area contributed by atoms with Gasteiger partial charge in [0.2, 0.25) is 5.78 Å². The van der Waals surface area contributed by atoms with Crippen LogP contribution < -0.4 is 5.73 Å². The van der Waals surface area contributed by atoms with Crippen molar-refractivity contribution < 1.29 is 49.4 Å². The Kier molecular flexibility index (Phi) is 5.89. The Morgan fingerprint density at radius 3 is 2.43 bits per heavy atom. The number of rotatable bonds is 3. The van der Waals surface area contributed by atoms with E-state index in [1.807, 2.05) is 0 Å². The van der Waals surface area contributed by atoms with E-state index >= 15 is 0 Å². The lowest BCUT2D eigenvalue weighted by Gasteiger charge is -2.42. The second-order valence-electron chi connectivity index (χ2n) is 9.95. The fourth-order valence-electron chi connectivity index (χ4n) is 5.50. The molecule has 196 valence electrons. The maximum atomic E-state index is 13.4. The van der Waals surface area contributed by atoms with Crippen LogP contribution in [0, 0.1) is 0 Å². The highest BCUT2D eigenvalue weighted by atomic mass is 16.7. The fourth-order valence-corrected chi connectivity index (χ4v) is 5.50. The number of carbonyl (C=O) groups is 3. The summed E-state index contributed by atoms with van der Waals surface area (Å²) in [5.41, 5.74) is 2.29. The van der Waals surface area contributed by atoms with Gasteiger partial charge in [-0.25, -0.2) is 0 Å². The molecular weight excluding hydrogens is 486 g/mol. The largest absolute Gasteiger partial charge is 0.507 e. The average molecular weight is 513 g/mol. The second-order valence-corrected chi connectivity index (χ2v) is 9.95. The molecule has 6 atom stereocenters. The highest BCUT2D eigenvalue weighted by Crippen LogP contribution is 2.52. The van der Waals surface area contributed by atoms with Gasteiger partial charge in [-0.15, -0.1) is 0 Å². The third kappa shape index (κ3) is 3.73. The van der Waals surface area contributed by atoms with Crippen molar-refractivity contribution in [2.24, 2.45) is 5.73 Å². The van der Waals surface area contributed by atoms with Crippen LogP contribution in [-0.2, 0) is 20.7 Å². The van der Waals surface area contributed by atoms with Crippen LogP contribution in [0.1, 0.15) is 75.8 Å². The molecule has 11 heteroatoms. The topological polar surface area (TPSA) is 197 Å². The van der Waals surface area contributed by atoms with Gasteiger partial charge in [0.1, 0.15) is 22.8 Å². The van der Waals surface area contributed by atoms with E-state index < -0.39 is 88.4 Å². The van der Waals surface area contributed by atoms with Crippen molar-refractivity contribution in [3.8, 4) is 17.2 Å². The number of carbonyl (C=O) groups excluding carboxylic acids is 3. The molecule has 7 N–H and O–H groups in total. The third-order valence-electron chi connectivity index (χ3n) is 7.59. The van der Waals surface area contributed by atoms with E-state index in [-0.39, 0.29) is 35.1 Å². The van der Waals surface area contributed by atoms with Crippen molar-refractivity contribution in [1.29, 1.82) is 0 Å². The number of hydrogen-bond acceptors (Lipinski definition) is 11. The normalized spacial score (nSPS) is 30.9. The van der Waals surface area contributed by atoms with E-state index in [9.17, 15) is 39.9 Å². The zero-order valence-electron chi connectivity index (χ0n) is 20.1. The molecule has 0 unspecified atom stereocenters. The van der Waals surface area contributed by atoms with Gasteiger partial charge in [0.25, 0.3) is 0 Å².